The van der Waals surface area contributed by atoms with Gasteiger partial charge in [-0.1, -0.05) is 0 Å². The van der Waals surface area contributed by atoms with E-state index in [0.717, 1.165) is 11.3 Å². The molecule has 0 saturated carbocycles. The highest BCUT2D eigenvalue weighted by Crippen LogP contribution is 2.24. The van der Waals surface area contributed by atoms with Crippen LogP contribution in [0.5, 0.6) is 0 Å². The van der Waals surface area contributed by atoms with E-state index < -0.39 is 0 Å². The van der Waals surface area contributed by atoms with Crippen molar-refractivity contribution in [1.29, 1.82) is 0 Å². The van der Waals surface area contributed by atoms with E-state index in [1.165, 1.54) is 5.56 Å². The lowest BCUT2D eigenvalue weighted by molar-refractivity contribution is 0.526. The van der Waals surface area contributed by atoms with Crippen LogP contribution in [0.4, 0.5) is 0 Å². The lowest BCUT2D eigenvalue weighted by Crippen LogP contribution is -2.28. The highest BCUT2D eigenvalue weighted by Gasteiger charge is 2.14. The zero-order valence-corrected chi connectivity index (χ0v) is 8.67. The molecular weight excluding hydrogens is 196 g/mol. The van der Waals surface area contributed by atoms with Crippen LogP contribution in [-0.4, -0.2) is 0 Å². The quantitative estimate of drug-likeness (QED) is 0.600. The number of nitrogens with two attached hydrogens (primary N) is 1. The molecule has 2 heterocycles. The Morgan fingerprint density at radius 3 is 2.86 bits per heavy atom. The number of nitrogens with one attached hydrogen (secondary N) is 1. The number of thiophene rings is 1. The number of hydrogen-bond donors (Lipinski definition) is 2. The molecule has 74 valence electrons. The Hall–Kier alpha value is -1.10. The summed E-state index contributed by atoms with van der Waals surface area (Å²) >= 11 is 1.66. The standard InChI is InChI=1S/C10H12N2OS/c1-7-4-9(5-13-7)10(12-11)8-2-3-14-6-8/h2-6,10,12H,11H2,1H3. The smallest absolute Gasteiger partial charge is 0.101 e. The summed E-state index contributed by atoms with van der Waals surface area (Å²) in [6.07, 6.45) is 1.73. The summed E-state index contributed by atoms with van der Waals surface area (Å²) in [5.74, 6) is 6.42. The molecule has 1 unspecified atom stereocenters. The van der Waals surface area contributed by atoms with Crippen molar-refractivity contribution in [3.8, 4) is 0 Å². The number of rotatable bonds is 3. The third-order valence-electron chi connectivity index (χ3n) is 2.13. The van der Waals surface area contributed by atoms with Crippen LogP contribution in [0, 0.1) is 6.92 Å². The second-order valence-corrected chi connectivity index (χ2v) is 3.93. The zero-order valence-electron chi connectivity index (χ0n) is 7.86. The van der Waals surface area contributed by atoms with Gasteiger partial charge in [0.25, 0.3) is 0 Å². The Morgan fingerprint density at radius 2 is 2.36 bits per heavy atom. The van der Waals surface area contributed by atoms with Crippen molar-refractivity contribution < 1.29 is 4.42 Å². The van der Waals surface area contributed by atoms with Gasteiger partial charge in [0, 0.05) is 5.56 Å². The summed E-state index contributed by atoms with van der Waals surface area (Å²) in [5.41, 5.74) is 5.00. The topological polar surface area (TPSA) is 51.2 Å². The van der Waals surface area contributed by atoms with Gasteiger partial charge in [0.15, 0.2) is 0 Å². The van der Waals surface area contributed by atoms with Crippen LogP contribution in [0.2, 0.25) is 0 Å². The summed E-state index contributed by atoms with van der Waals surface area (Å²) in [4.78, 5) is 0. The molecule has 4 heteroatoms. The second-order valence-electron chi connectivity index (χ2n) is 3.15. The van der Waals surface area contributed by atoms with Gasteiger partial charge >= 0.3 is 0 Å². The average molecular weight is 208 g/mol. The summed E-state index contributed by atoms with van der Waals surface area (Å²) in [6, 6.07) is 4.07. The van der Waals surface area contributed by atoms with Gasteiger partial charge in [-0.3, -0.25) is 5.84 Å². The van der Waals surface area contributed by atoms with Gasteiger partial charge in [-0.15, -0.1) is 0 Å². The van der Waals surface area contributed by atoms with Crippen molar-refractivity contribution in [2.45, 2.75) is 13.0 Å². The molecule has 1 atom stereocenters. The highest BCUT2D eigenvalue weighted by atomic mass is 32.1. The van der Waals surface area contributed by atoms with E-state index in [9.17, 15) is 0 Å². The summed E-state index contributed by atoms with van der Waals surface area (Å²) in [6.45, 7) is 1.92. The predicted molar refractivity (Wildman–Crippen MR) is 56.9 cm³/mol. The normalized spacial score (nSPS) is 13.0. The third-order valence-corrected chi connectivity index (χ3v) is 2.83. The zero-order chi connectivity index (χ0) is 9.97. The highest BCUT2D eigenvalue weighted by molar-refractivity contribution is 7.08. The first-order valence-corrected chi connectivity index (χ1v) is 5.29. The molecule has 3 N–H and O–H groups in total. The maximum atomic E-state index is 5.52. The average Bonchev–Trinajstić information content (AvgIpc) is 2.79. The van der Waals surface area contributed by atoms with Crippen LogP contribution in [0.1, 0.15) is 22.9 Å². The minimum absolute atomic E-state index is 0.0266. The number of hydrazine groups is 1. The van der Waals surface area contributed by atoms with Gasteiger partial charge in [-0.25, -0.2) is 5.43 Å². The molecule has 0 radical (unpaired) electrons. The molecule has 0 spiro atoms. The maximum absolute atomic E-state index is 5.52. The molecular formula is C10H12N2OS. The third kappa shape index (κ3) is 1.72. The molecule has 2 aromatic heterocycles. The molecule has 14 heavy (non-hydrogen) atoms. The maximum Gasteiger partial charge on any atom is 0.101 e. The van der Waals surface area contributed by atoms with Crippen molar-refractivity contribution >= 4 is 11.3 Å². The van der Waals surface area contributed by atoms with Gasteiger partial charge in [0.2, 0.25) is 0 Å². The Morgan fingerprint density at radius 1 is 1.50 bits per heavy atom. The summed E-state index contributed by atoms with van der Waals surface area (Å²) < 4.78 is 5.25. The van der Waals surface area contributed by atoms with E-state index in [2.05, 4.69) is 16.9 Å². The van der Waals surface area contributed by atoms with E-state index in [-0.39, 0.29) is 6.04 Å². The van der Waals surface area contributed by atoms with Crippen LogP contribution in [0.25, 0.3) is 0 Å². The summed E-state index contributed by atoms with van der Waals surface area (Å²) in [7, 11) is 0. The molecule has 2 aromatic rings. The fourth-order valence-electron chi connectivity index (χ4n) is 1.44. The molecule has 3 nitrogen and oxygen atoms in total. The fourth-order valence-corrected chi connectivity index (χ4v) is 2.13. The number of hydrogen-bond acceptors (Lipinski definition) is 4. The first-order valence-electron chi connectivity index (χ1n) is 4.34. The van der Waals surface area contributed by atoms with Crippen molar-refractivity contribution in [2.75, 3.05) is 0 Å². The summed E-state index contributed by atoms with van der Waals surface area (Å²) in [5, 5.41) is 4.11. The molecule has 0 saturated heterocycles. The van der Waals surface area contributed by atoms with Gasteiger partial charge in [0.05, 0.1) is 12.3 Å². The minimum Gasteiger partial charge on any atom is -0.469 e. The molecule has 0 aliphatic rings. The van der Waals surface area contributed by atoms with Gasteiger partial charge in [-0.05, 0) is 35.4 Å². The molecule has 0 aliphatic carbocycles. The predicted octanol–water partition coefficient (Wildman–Crippen LogP) is 2.20. The molecule has 2 rings (SSSR count). The second kappa shape index (κ2) is 3.96. The molecule has 0 bridgehead atoms. The van der Waals surface area contributed by atoms with Crippen molar-refractivity contribution in [3.63, 3.8) is 0 Å². The van der Waals surface area contributed by atoms with Crippen LogP contribution in [-0.2, 0) is 0 Å². The first kappa shape index (κ1) is 9.45. The van der Waals surface area contributed by atoms with Crippen LogP contribution in [0.15, 0.2) is 33.6 Å². The molecule has 0 fully saturated rings. The van der Waals surface area contributed by atoms with E-state index >= 15 is 0 Å². The van der Waals surface area contributed by atoms with Crippen LogP contribution >= 0.6 is 11.3 Å². The Labute approximate surface area is 86.5 Å². The van der Waals surface area contributed by atoms with Gasteiger partial charge < -0.3 is 4.42 Å². The van der Waals surface area contributed by atoms with Gasteiger partial charge in [0.1, 0.15) is 5.76 Å². The first-order chi connectivity index (χ1) is 6.81. The largest absolute Gasteiger partial charge is 0.469 e. The van der Waals surface area contributed by atoms with Crippen LogP contribution < -0.4 is 11.3 Å². The fraction of sp³-hybridized carbons (Fsp3) is 0.200. The number of aryl methyl sites for hydroxylation is 1. The lowest BCUT2D eigenvalue weighted by Gasteiger charge is -2.11. The van der Waals surface area contributed by atoms with E-state index in [4.69, 9.17) is 10.3 Å². The van der Waals surface area contributed by atoms with E-state index in [1.807, 2.05) is 18.4 Å². The van der Waals surface area contributed by atoms with Crippen molar-refractivity contribution in [1.82, 2.24) is 5.43 Å². The van der Waals surface area contributed by atoms with Crippen molar-refractivity contribution in [3.05, 3.63) is 46.0 Å². The van der Waals surface area contributed by atoms with Crippen molar-refractivity contribution in [2.24, 2.45) is 5.84 Å². The molecule has 0 amide bonds. The van der Waals surface area contributed by atoms with E-state index in [1.54, 1.807) is 17.6 Å². The SMILES string of the molecule is Cc1cc(C(NN)c2ccsc2)co1. The minimum atomic E-state index is 0.0266. The lowest BCUT2D eigenvalue weighted by atomic mass is 10.1. The molecule has 0 aliphatic heterocycles. The Bertz CT molecular complexity index is 394. The Balaban J connectivity index is 2.31. The van der Waals surface area contributed by atoms with E-state index in [0.29, 0.717) is 0 Å². The monoisotopic (exact) mass is 208 g/mol. The molecule has 0 aromatic carbocycles. The Kier molecular flexibility index (Phi) is 2.67. The van der Waals surface area contributed by atoms with Gasteiger partial charge in [-0.2, -0.15) is 11.3 Å². The number of furan rings is 1. The van der Waals surface area contributed by atoms with Crippen LogP contribution in [0.3, 0.4) is 0 Å².